The molecular formula is C15H14N2. The van der Waals surface area contributed by atoms with Gasteiger partial charge in [0, 0.05) is 5.69 Å². The number of nitriles is 1. The quantitative estimate of drug-likeness (QED) is 0.858. The van der Waals surface area contributed by atoms with E-state index in [2.05, 4.69) is 11.4 Å². The molecule has 0 amide bonds. The first-order chi connectivity index (χ1) is 8.29. The van der Waals surface area contributed by atoms with Gasteiger partial charge in [-0.2, -0.15) is 5.26 Å². The second-order valence-corrected chi connectivity index (χ2v) is 3.98. The van der Waals surface area contributed by atoms with Crippen molar-refractivity contribution in [1.82, 2.24) is 0 Å². The fraction of sp³-hybridized carbons (Fsp3) is 0.133. The van der Waals surface area contributed by atoms with Crippen LogP contribution in [0.4, 0.5) is 5.69 Å². The van der Waals surface area contributed by atoms with E-state index in [0.717, 1.165) is 11.3 Å². The van der Waals surface area contributed by atoms with Crippen molar-refractivity contribution in [3.05, 3.63) is 65.7 Å². The molecule has 0 aliphatic rings. The third-order valence-electron chi connectivity index (χ3n) is 2.62. The molecule has 2 heteroatoms. The normalized spacial score (nSPS) is 11.5. The van der Waals surface area contributed by atoms with Crippen molar-refractivity contribution in [3.63, 3.8) is 0 Å². The van der Waals surface area contributed by atoms with E-state index in [1.807, 2.05) is 61.5 Å². The van der Waals surface area contributed by atoms with E-state index in [9.17, 15) is 5.26 Å². The molecule has 0 bridgehead atoms. The van der Waals surface area contributed by atoms with Gasteiger partial charge in [-0.25, -0.2) is 0 Å². The smallest absolute Gasteiger partial charge is 0.140 e. The number of benzene rings is 2. The Morgan fingerprint density at radius 1 is 1.00 bits per heavy atom. The van der Waals surface area contributed by atoms with Crippen LogP contribution >= 0.6 is 0 Å². The van der Waals surface area contributed by atoms with E-state index in [0.29, 0.717) is 0 Å². The first-order valence-electron chi connectivity index (χ1n) is 5.57. The maximum atomic E-state index is 9.20. The minimum Gasteiger partial charge on any atom is -0.366 e. The van der Waals surface area contributed by atoms with Gasteiger partial charge in [0.05, 0.1) is 6.07 Å². The number of nitrogens with zero attached hydrogens (tertiary/aromatic N) is 1. The summed E-state index contributed by atoms with van der Waals surface area (Å²) >= 11 is 0. The van der Waals surface area contributed by atoms with Crippen LogP contribution in [0.25, 0.3) is 0 Å². The van der Waals surface area contributed by atoms with Crippen molar-refractivity contribution < 1.29 is 0 Å². The molecule has 0 spiro atoms. The van der Waals surface area contributed by atoms with E-state index in [-0.39, 0.29) is 6.04 Å². The second-order valence-electron chi connectivity index (χ2n) is 3.98. The molecular weight excluding hydrogens is 207 g/mol. The molecule has 2 nitrogen and oxygen atoms in total. The third-order valence-corrected chi connectivity index (χ3v) is 2.62. The molecule has 2 rings (SSSR count). The fourth-order valence-corrected chi connectivity index (χ4v) is 1.65. The Bertz CT molecular complexity index is 509. The lowest BCUT2D eigenvalue weighted by atomic mass is 9.92. The van der Waals surface area contributed by atoms with Crippen LogP contribution in [0.15, 0.2) is 54.6 Å². The first kappa shape index (κ1) is 11.2. The van der Waals surface area contributed by atoms with E-state index < -0.39 is 0 Å². The Kier molecular flexibility index (Phi) is 3.42. The lowest BCUT2D eigenvalue weighted by Gasteiger charge is -2.13. The highest BCUT2D eigenvalue weighted by Crippen LogP contribution is 2.19. The molecule has 0 saturated heterocycles. The maximum absolute atomic E-state index is 9.20. The first-order valence-corrected chi connectivity index (χ1v) is 5.57. The summed E-state index contributed by atoms with van der Waals surface area (Å²) in [6.45, 7) is 2.04. The Balaban J connectivity index is 2.18. The van der Waals surface area contributed by atoms with Crippen molar-refractivity contribution in [1.29, 1.82) is 5.26 Å². The van der Waals surface area contributed by atoms with Crippen LogP contribution in [-0.2, 0) is 0 Å². The molecule has 0 aliphatic carbocycles. The molecule has 1 atom stereocenters. The summed E-state index contributed by atoms with van der Waals surface area (Å²) < 4.78 is 0. The van der Waals surface area contributed by atoms with Crippen molar-refractivity contribution in [3.8, 4) is 6.07 Å². The topological polar surface area (TPSA) is 35.8 Å². The second kappa shape index (κ2) is 5.18. The van der Waals surface area contributed by atoms with E-state index in [1.165, 1.54) is 5.56 Å². The minimum absolute atomic E-state index is 0.307. The summed E-state index contributed by atoms with van der Waals surface area (Å²) in [5.41, 5.74) is 3.15. The summed E-state index contributed by atoms with van der Waals surface area (Å²) in [4.78, 5) is 0. The van der Waals surface area contributed by atoms with Gasteiger partial charge in [0.2, 0.25) is 0 Å². The van der Waals surface area contributed by atoms with E-state index in [1.54, 1.807) is 0 Å². The number of anilines is 1. The summed E-state index contributed by atoms with van der Waals surface area (Å²) in [6.07, 6.45) is 0. The molecule has 0 aromatic heterocycles. The molecule has 1 N–H and O–H groups in total. The van der Waals surface area contributed by atoms with Gasteiger partial charge in [0.1, 0.15) is 6.04 Å². The van der Waals surface area contributed by atoms with Crippen molar-refractivity contribution in [2.24, 2.45) is 0 Å². The van der Waals surface area contributed by atoms with Gasteiger partial charge < -0.3 is 5.32 Å². The van der Waals surface area contributed by atoms with Gasteiger partial charge >= 0.3 is 0 Å². The Morgan fingerprint density at radius 3 is 2.24 bits per heavy atom. The zero-order valence-corrected chi connectivity index (χ0v) is 9.72. The molecule has 84 valence electrons. The average molecular weight is 221 g/mol. The van der Waals surface area contributed by atoms with Crippen LogP contribution in [0.1, 0.15) is 17.2 Å². The monoisotopic (exact) mass is 221 g/mol. The molecule has 0 radical (unpaired) electrons. The highest BCUT2D eigenvalue weighted by molar-refractivity contribution is 5.47. The number of hydrogen-bond acceptors (Lipinski definition) is 2. The Morgan fingerprint density at radius 2 is 1.65 bits per heavy atom. The summed E-state index contributed by atoms with van der Waals surface area (Å²) in [6, 6.07) is 19.7. The van der Waals surface area contributed by atoms with Gasteiger partial charge in [-0.3, -0.25) is 0 Å². The van der Waals surface area contributed by atoms with Gasteiger partial charge in [-0.05, 0) is 24.6 Å². The molecule has 17 heavy (non-hydrogen) atoms. The van der Waals surface area contributed by atoms with Crippen LogP contribution in [0.5, 0.6) is 0 Å². The number of hydrogen-bond donors (Lipinski definition) is 1. The number of aryl methyl sites for hydroxylation is 1. The molecule has 0 heterocycles. The summed E-state index contributed by atoms with van der Waals surface area (Å²) in [5, 5.41) is 12.4. The molecule has 0 aliphatic heterocycles. The van der Waals surface area contributed by atoms with Crippen LogP contribution in [0.2, 0.25) is 0 Å². The molecule has 0 fully saturated rings. The van der Waals surface area contributed by atoms with Crippen molar-refractivity contribution in [2.75, 3.05) is 5.32 Å². The average Bonchev–Trinajstić information content (AvgIpc) is 2.38. The van der Waals surface area contributed by atoms with Crippen LogP contribution in [0.3, 0.4) is 0 Å². The van der Waals surface area contributed by atoms with E-state index in [4.69, 9.17) is 0 Å². The molecule has 0 saturated carbocycles. The lowest BCUT2D eigenvalue weighted by molar-refractivity contribution is 0.996. The SMILES string of the molecule is Cc1ccc(C([11C]#N)Nc2ccccc2)cc1. The number of para-hydroxylation sites is 1. The zero-order chi connectivity index (χ0) is 12.1. The molecule has 1 unspecified atom stereocenters. The van der Waals surface area contributed by atoms with Crippen molar-refractivity contribution in [2.45, 2.75) is 13.0 Å². The fourth-order valence-electron chi connectivity index (χ4n) is 1.65. The maximum Gasteiger partial charge on any atom is 0.140 e. The number of nitrogens with one attached hydrogen (secondary N) is 1. The highest BCUT2D eigenvalue weighted by Gasteiger charge is 2.09. The molecule has 2 aromatic rings. The van der Waals surface area contributed by atoms with Gasteiger partial charge in [-0.15, -0.1) is 0 Å². The lowest BCUT2D eigenvalue weighted by Crippen LogP contribution is -2.08. The Labute approximate surface area is 102 Å². The Hall–Kier alpha value is -2.27. The van der Waals surface area contributed by atoms with Gasteiger partial charge in [-0.1, -0.05) is 48.0 Å². The van der Waals surface area contributed by atoms with Crippen LogP contribution < -0.4 is 5.32 Å². The standard InChI is InChI=1S/C15H14N2/c1-12-7-9-13(10-8-12)15(11-16)17-14-5-3-2-4-6-14/h2-10,15,17H,1H3/i11-1. The van der Waals surface area contributed by atoms with Gasteiger partial charge in [0.25, 0.3) is 0 Å². The zero-order valence-electron chi connectivity index (χ0n) is 9.72. The van der Waals surface area contributed by atoms with Crippen LogP contribution in [0, 0.1) is 18.3 Å². The highest BCUT2D eigenvalue weighted by atomic mass is 14.9. The van der Waals surface area contributed by atoms with Gasteiger partial charge in [0.15, 0.2) is 0 Å². The molecule has 2 aromatic carbocycles. The predicted octanol–water partition coefficient (Wildman–Crippen LogP) is 3.67. The summed E-state index contributed by atoms with van der Waals surface area (Å²) in [7, 11) is 0. The van der Waals surface area contributed by atoms with Crippen LogP contribution in [-0.4, -0.2) is 0 Å². The van der Waals surface area contributed by atoms with Crippen molar-refractivity contribution >= 4 is 5.69 Å². The predicted molar refractivity (Wildman–Crippen MR) is 69.6 cm³/mol. The number of rotatable bonds is 3. The summed E-state index contributed by atoms with van der Waals surface area (Å²) in [5.74, 6) is 0. The third kappa shape index (κ3) is 2.85. The largest absolute Gasteiger partial charge is 0.366 e. The van der Waals surface area contributed by atoms with E-state index >= 15 is 0 Å². The minimum atomic E-state index is -0.307.